The van der Waals surface area contributed by atoms with Crippen LogP contribution in [0.5, 0.6) is 0 Å². The first-order valence-electron chi connectivity index (χ1n) is 9.89. The molecule has 0 spiro atoms. The summed E-state index contributed by atoms with van der Waals surface area (Å²) >= 11 is 0. The van der Waals surface area contributed by atoms with Crippen molar-refractivity contribution in [1.82, 2.24) is 25.3 Å². The van der Waals surface area contributed by atoms with Gasteiger partial charge in [0.05, 0.1) is 17.6 Å². The highest BCUT2D eigenvalue weighted by atomic mass is 16.1. The van der Waals surface area contributed by atoms with Gasteiger partial charge in [0.1, 0.15) is 5.69 Å². The summed E-state index contributed by atoms with van der Waals surface area (Å²) in [7, 11) is 0. The third kappa shape index (κ3) is 3.60. The molecular formula is C22H21N7O. The van der Waals surface area contributed by atoms with Crippen LogP contribution in [-0.4, -0.2) is 52.0 Å². The van der Waals surface area contributed by atoms with Crippen molar-refractivity contribution < 1.29 is 4.79 Å². The summed E-state index contributed by atoms with van der Waals surface area (Å²) in [4.78, 5) is 31.4. The number of hydrogen-bond donors (Lipinski definition) is 3. The molecule has 0 aliphatic carbocycles. The second-order valence-electron chi connectivity index (χ2n) is 7.13. The van der Waals surface area contributed by atoms with E-state index in [4.69, 9.17) is 0 Å². The number of pyridine rings is 1. The van der Waals surface area contributed by atoms with Crippen LogP contribution in [0.15, 0.2) is 61.2 Å². The molecule has 4 aromatic rings. The van der Waals surface area contributed by atoms with Crippen molar-refractivity contribution in [2.75, 3.05) is 36.4 Å². The van der Waals surface area contributed by atoms with E-state index in [9.17, 15) is 4.79 Å². The fraction of sp³-hybridized carbons (Fsp3) is 0.182. The van der Waals surface area contributed by atoms with Crippen molar-refractivity contribution in [1.29, 1.82) is 0 Å². The topological polar surface area (TPSA) is 98.8 Å². The molecule has 30 heavy (non-hydrogen) atoms. The Kier molecular flexibility index (Phi) is 4.82. The number of anilines is 2. The molecule has 8 heteroatoms. The maximum absolute atomic E-state index is 12.9. The van der Waals surface area contributed by atoms with Gasteiger partial charge in [0.2, 0.25) is 0 Å². The molecule has 1 aliphatic heterocycles. The van der Waals surface area contributed by atoms with Crippen LogP contribution in [0, 0.1) is 0 Å². The number of carbonyl (C=O) groups is 1. The lowest BCUT2D eigenvalue weighted by Gasteiger charge is -2.30. The van der Waals surface area contributed by atoms with E-state index >= 15 is 0 Å². The highest BCUT2D eigenvalue weighted by Crippen LogP contribution is 2.26. The van der Waals surface area contributed by atoms with E-state index in [1.165, 1.54) is 0 Å². The average Bonchev–Trinajstić information content (AvgIpc) is 3.28. The van der Waals surface area contributed by atoms with E-state index < -0.39 is 0 Å². The lowest BCUT2D eigenvalue weighted by atomic mass is 10.1. The van der Waals surface area contributed by atoms with Gasteiger partial charge < -0.3 is 20.5 Å². The number of hydrogen-bond acceptors (Lipinski definition) is 6. The highest BCUT2D eigenvalue weighted by molar-refractivity contribution is 6.04. The predicted molar refractivity (Wildman–Crippen MR) is 117 cm³/mol. The van der Waals surface area contributed by atoms with Crippen molar-refractivity contribution in [3.8, 4) is 11.4 Å². The summed E-state index contributed by atoms with van der Waals surface area (Å²) in [6.45, 7) is 3.59. The first kappa shape index (κ1) is 18.3. The number of aromatic amines is 1. The van der Waals surface area contributed by atoms with Crippen LogP contribution in [-0.2, 0) is 0 Å². The Morgan fingerprint density at radius 2 is 1.97 bits per heavy atom. The Labute approximate surface area is 173 Å². The summed E-state index contributed by atoms with van der Waals surface area (Å²) in [5.41, 5.74) is 3.80. The van der Waals surface area contributed by atoms with Gasteiger partial charge in [0, 0.05) is 55.8 Å². The largest absolute Gasteiger partial charge is 0.367 e. The number of rotatable bonds is 4. The Bertz CT molecular complexity index is 1200. The molecule has 1 aromatic carbocycles. The smallest absolute Gasteiger partial charge is 0.274 e. The zero-order valence-corrected chi connectivity index (χ0v) is 16.3. The van der Waals surface area contributed by atoms with Crippen LogP contribution >= 0.6 is 0 Å². The van der Waals surface area contributed by atoms with Crippen molar-refractivity contribution in [2.45, 2.75) is 0 Å². The monoisotopic (exact) mass is 399 g/mol. The molecular weight excluding hydrogens is 378 g/mol. The van der Waals surface area contributed by atoms with Crippen LogP contribution in [0.3, 0.4) is 0 Å². The quantitative estimate of drug-likeness (QED) is 0.488. The zero-order chi connectivity index (χ0) is 20.3. The van der Waals surface area contributed by atoms with Crippen LogP contribution in [0.2, 0.25) is 0 Å². The number of nitrogens with one attached hydrogen (secondary N) is 3. The molecule has 4 heterocycles. The standard InChI is InChI=1S/C22H21N7O/c30-22(28-19-14-24-6-5-20(19)29-11-9-23-10-12-29)17-4-8-26-21(27-17)16-2-1-15-3-7-25-18(15)13-16/h1-8,13-14,23,25H,9-12H2,(H,28,30). The number of fused-ring (bicyclic) bond motifs is 1. The normalized spacial score (nSPS) is 14.1. The Morgan fingerprint density at radius 1 is 1.07 bits per heavy atom. The van der Waals surface area contributed by atoms with E-state index in [2.05, 4.69) is 35.5 Å². The van der Waals surface area contributed by atoms with Crippen LogP contribution in [0.4, 0.5) is 11.4 Å². The van der Waals surface area contributed by atoms with Crippen LogP contribution < -0.4 is 15.5 Å². The molecule has 1 aliphatic rings. The maximum atomic E-state index is 12.9. The summed E-state index contributed by atoms with van der Waals surface area (Å²) < 4.78 is 0. The van der Waals surface area contributed by atoms with Gasteiger partial charge in [-0.25, -0.2) is 9.97 Å². The minimum atomic E-state index is -0.288. The lowest BCUT2D eigenvalue weighted by molar-refractivity contribution is 0.102. The molecule has 0 atom stereocenters. The van der Waals surface area contributed by atoms with Gasteiger partial charge in [-0.1, -0.05) is 12.1 Å². The van der Waals surface area contributed by atoms with Crippen LogP contribution in [0.25, 0.3) is 22.3 Å². The third-order valence-corrected chi connectivity index (χ3v) is 5.21. The number of carbonyl (C=O) groups excluding carboxylic acids is 1. The number of amides is 1. The lowest BCUT2D eigenvalue weighted by Crippen LogP contribution is -2.43. The van der Waals surface area contributed by atoms with Gasteiger partial charge in [-0.3, -0.25) is 9.78 Å². The number of piperazine rings is 1. The maximum Gasteiger partial charge on any atom is 0.274 e. The molecule has 5 rings (SSSR count). The summed E-state index contributed by atoms with van der Waals surface area (Å²) in [5, 5.41) is 7.42. The molecule has 0 radical (unpaired) electrons. The Hall–Kier alpha value is -3.78. The van der Waals surface area contributed by atoms with Gasteiger partial charge in [-0.05, 0) is 29.7 Å². The second-order valence-corrected chi connectivity index (χ2v) is 7.13. The van der Waals surface area contributed by atoms with Gasteiger partial charge in [-0.2, -0.15) is 0 Å². The molecule has 3 aromatic heterocycles. The predicted octanol–water partition coefficient (Wildman–Crippen LogP) is 2.68. The summed E-state index contributed by atoms with van der Waals surface area (Å²) in [6, 6.07) is 11.5. The van der Waals surface area contributed by atoms with E-state index in [-0.39, 0.29) is 5.91 Å². The summed E-state index contributed by atoms with van der Waals surface area (Å²) in [6.07, 6.45) is 6.92. The first-order chi connectivity index (χ1) is 14.8. The molecule has 0 unspecified atom stereocenters. The number of H-pyrrole nitrogens is 1. The van der Waals surface area contributed by atoms with Gasteiger partial charge in [0.15, 0.2) is 5.82 Å². The molecule has 0 saturated carbocycles. The van der Waals surface area contributed by atoms with Crippen molar-refractivity contribution in [2.24, 2.45) is 0 Å². The molecule has 3 N–H and O–H groups in total. The van der Waals surface area contributed by atoms with E-state index in [1.54, 1.807) is 24.7 Å². The van der Waals surface area contributed by atoms with Gasteiger partial charge in [0.25, 0.3) is 5.91 Å². The molecule has 8 nitrogen and oxygen atoms in total. The highest BCUT2D eigenvalue weighted by Gasteiger charge is 2.17. The van der Waals surface area contributed by atoms with Crippen molar-refractivity contribution in [3.63, 3.8) is 0 Å². The molecule has 150 valence electrons. The van der Waals surface area contributed by atoms with E-state index in [0.29, 0.717) is 17.2 Å². The Balaban J connectivity index is 1.40. The second kappa shape index (κ2) is 7.92. The number of nitrogens with zero attached hydrogens (tertiary/aromatic N) is 4. The Morgan fingerprint density at radius 3 is 2.87 bits per heavy atom. The summed E-state index contributed by atoms with van der Waals surface area (Å²) in [5.74, 6) is 0.219. The van der Waals surface area contributed by atoms with Gasteiger partial charge >= 0.3 is 0 Å². The van der Waals surface area contributed by atoms with E-state index in [1.807, 2.05) is 36.5 Å². The first-order valence-corrected chi connectivity index (χ1v) is 9.89. The minimum absolute atomic E-state index is 0.288. The van der Waals surface area contributed by atoms with Crippen molar-refractivity contribution in [3.05, 3.63) is 66.9 Å². The molecule has 1 amide bonds. The van der Waals surface area contributed by atoms with E-state index in [0.717, 1.165) is 48.3 Å². The third-order valence-electron chi connectivity index (χ3n) is 5.21. The fourth-order valence-corrected chi connectivity index (χ4v) is 3.66. The SMILES string of the molecule is O=C(Nc1cnccc1N1CCNCC1)c1ccnc(-c2ccc3cc[nH]c3c2)n1. The van der Waals surface area contributed by atoms with Crippen molar-refractivity contribution >= 4 is 28.2 Å². The molecule has 0 bridgehead atoms. The fourth-order valence-electron chi connectivity index (χ4n) is 3.66. The number of benzene rings is 1. The number of aromatic nitrogens is 4. The molecule has 1 fully saturated rings. The van der Waals surface area contributed by atoms with Crippen LogP contribution in [0.1, 0.15) is 10.5 Å². The van der Waals surface area contributed by atoms with Gasteiger partial charge in [-0.15, -0.1) is 0 Å². The molecule has 1 saturated heterocycles. The zero-order valence-electron chi connectivity index (χ0n) is 16.3. The minimum Gasteiger partial charge on any atom is -0.367 e. The average molecular weight is 399 g/mol.